The number of halogens is 5. The minimum Gasteiger partial charge on any atom is -1.00 e. The molecule has 17 heteroatoms. The van der Waals surface area contributed by atoms with E-state index in [0.29, 0.717) is 10.2 Å². The summed E-state index contributed by atoms with van der Waals surface area (Å²) in [6.07, 6.45) is 2.07. The number of phenolic OH excluding ortho intramolecular Hbond substituents is 1. The van der Waals surface area contributed by atoms with Gasteiger partial charge in [0.05, 0.1) is 22.0 Å². The molecular formula is C29H22Br4FK2N3O7. The number of aromatic hydroxyl groups is 1. The molecule has 4 aromatic rings. The summed E-state index contributed by atoms with van der Waals surface area (Å²) >= 11 is 13.3. The molecule has 3 heterocycles. The second kappa shape index (κ2) is 20.0. The van der Waals surface area contributed by atoms with Gasteiger partial charge in [-0.1, -0.05) is 63.7 Å². The molecule has 0 saturated heterocycles. The van der Waals surface area contributed by atoms with Gasteiger partial charge in [0.2, 0.25) is 5.82 Å². The van der Waals surface area contributed by atoms with E-state index in [1.165, 1.54) is 22.9 Å². The minimum absolute atomic E-state index is 0. The Morgan fingerprint density at radius 1 is 0.935 bits per heavy atom. The number of rotatable bonds is 2. The van der Waals surface area contributed by atoms with Crippen LogP contribution in [-0.4, -0.2) is 29.6 Å². The Balaban J connectivity index is 0.000000337. The summed E-state index contributed by atoms with van der Waals surface area (Å²) in [6, 6.07) is 17.7. The molecule has 0 radical (unpaired) electrons. The predicted molar refractivity (Wildman–Crippen MR) is 176 cm³/mol. The standard InChI is InChI=1S/C14H9Br2NO.C8H8BrNO.C6H3BrFNO2.CH2O3.2K.H/c15-9-1-2-11-12(6-9)18-13-7-10(16)5-8-3-4-17(11)14(8)13;9-6-3-5-1-2-10-8(5)7(11)4-6;7-4-1-2-6(9(10)11)5(8)3-4;2-1-4-3;;;/h1-2,5-7H,3-4H2;3-4,10-11H,1-2H2;1-3H;1,3H;;;/q;;;;2*+1;-1/p-1. The van der Waals surface area contributed by atoms with Crippen molar-refractivity contribution < 1.29 is 138 Å². The smallest absolute Gasteiger partial charge is 1.00 e. The fourth-order valence-electron chi connectivity index (χ4n) is 4.70. The van der Waals surface area contributed by atoms with Crippen molar-refractivity contribution in [2.75, 3.05) is 23.3 Å². The maximum absolute atomic E-state index is 12.6. The first-order chi connectivity index (χ1) is 21.0. The van der Waals surface area contributed by atoms with Gasteiger partial charge in [-0.2, -0.15) is 4.39 Å². The van der Waals surface area contributed by atoms with Crippen LogP contribution in [0.15, 0.2) is 78.6 Å². The third-order valence-corrected chi connectivity index (χ3v) is 8.33. The van der Waals surface area contributed by atoms with Gasteiger partial charge in [0, 0.05) is 37.0 Å². The van der Waals surface area contributed by atoms with Gasteiger partial charge < -0.3 is 31.6 Å². The molecule has 232 valence electrons. The Bertz CT molecular complexity index is 1730. The zero-order valence-electron chi connectivity index (χ0n) is 25.4. The largest absolute Gasteiger partial charge is 1.00 e. The van der Waals surface area contributed by atoms with Gasteiger partial charge in [0.25, 0.3) is 6.47 Å². The van der Waals surface area contributed by atoms with Crippen LogP contribution in [0.2, 0.25) is 0 Å². The van der Waals surface area contributed by atoms with Crippen LogP contribution in [0.4, 0.5) is 27.1 Å². The van der Waals surface area contributed by atoms with Crippen LogP contribution in [0.3, 0.4) is 0 Å². The van der Waals surface area contributed by atoms with Crippen molar-refractivity contribution in [3.63, 3.8) is 0 Å². The first-order valence-corrected chi connectivity index (χ1v) is 15.8. The molecule has 0 amide bonds. The number of hydrogen-bond donors (Lipinski definition) is 2. The maximum Gasteiger partial charge on any atom is 1.00 e. The topological polar surface area (TPSA) is 137 Å². The van der Waals surface area contributed by atoms with E-state index < -0.39 is 16.4 Å². The van der Waals surface area contributed by atoms with Gasteiger partial charge in [-0.25, -0.2) is 0 Å². The van der Waals surface area contributed by atoms with E-state index >= 15 is 0 Å². The van der Waals surface area contributed by atoms with Crippen LogP contribution >= 0.6 is 63.7 Å². The molecule has 10 nitrogen and oxygen atoms in total. The predicted octanol–water partition coefficient (Wildman–Crippen LogP) is 2.19. The Morgan fingerprint density at radius 2 is 1.54 bits per heavy atom. The molecule has 0 bridgehead atoms. The minimum atomic E-state index is -0.829. The summed E-state index contributed by atoms with van der Waals surface area (Å²) in [6.45, 7) is 1.77. The Kier molecular flexibility index (Phi) is 18.4. The van der Waals surface area contributed by atoms with Gasteiger partial charge in [-0.05, 0) is 78.6 Å². The number of benzene rings is 4. The van der Waals surface area contributed by atoms with Crippen molar-refractivity contribution in [3.05, 3.63) is 106 Å². The third-order valence-electron chi connectivity index (χ3n) is 6.43. The SMILES string of the molecule is Brc1ccc2c(c1)Oc1cc(Br)cc3c1N2CC3.O=CO[O-].O=[N+]([O-])c1ccc(Br)cc1F.Oc1cc(Br)cc2c1NCC2.[H-].[K+].[K+]. The van der Waals surface area contributed by atoms with Crippen molar-refractivity contribution in [2.24, 2.45) is 0 Å². The Labute approximate surface area is 383 Å². The molecule has 0 aliphatic carbocycles. The summed E-state index contributed by atoms with van der Waals surface area (Å²) in [7, 11) is 0. The van der Waals surface area contributed by atoms with Crippen LogP contribution in [0.5, 0.6) is 17.2 Å². The van der Waals surface area contributed by atoms with E-state index in [1.807, 2.05) is 18.2 Å². The van der Waals surface area contributed by atoms with Gasteiger partial charge in [-0.3, -0.25) is 14.9 Å². The van der Waals surface area contributed by atoms with Gasteiger partial charge in [0.1, 0.15) is 5.75 Å². The molecular weight excluding hydrogens is 919 g/mol. The summed E-state index contributed by atoms with van der Waals surface area (Å²) in [5, 5.41) is 31.1. The Morgan fingerprint density at radius 3 is 2.20 bits per heavy atom. The normalized spacial score (nSPS) is 12.1. The average Bonchev–Trinajstić information content (AvgIpc) is 3.62. The number of anilines is 3. The quantitative estimate of drug-likeness (QED) is 0.0775. The van der Waals surface area contributed by atoms with Crippen molar-refractivity contribution >= 4 is 92.9 Å². The maximum atomic E-state index is 12.6. The number of nitro benzene ring substituents is 1. The second-order valence-electron chi connectivity index (χ2n) is 9.21. The van der Waals surface area contributed by atoms with Gasteiger partial charge in [-0.15, -0.1) is 0 Å². The van der Waals surface area contributed by atoms with E-state index in [9.17, 15) is 19.6 Å². The first-order valence-electron chi connectivity index (χ1n) is 12.7. The number of nitro groups is 1. The molecule has 3 aliphatic heterocycles. The summed E-state index contributed by atoms with van der Waals surface area (Å²) in [5.41, 5.74) is 5.33. The number of phenols is 1. The first kappa shape index (κ1) is 42.2. The van der Waals surface area contributed by atoms with E-state index in [-0.39, 0.29) is 111 Å². The monoisotopic (exact) mass is 937 g/mol. The molecule has 2 N–H and O–H groups in total. The fourth-order valence-corrected chi connectivity index (χ4v) is 6.35. The van der Waals surface area contributed by atoms with Crippen molar-refractivity contribution in [2.45, 2.75) is 12.8 Å². The van der Waals surface area contributed by atoms with Crippen molar-refractivity contribution in [1.29, 1.82) is 0 Å². The van der Waals surface area contributed by atoms with E-state index in [1.54, 1.807) is 6.07 Å². The Hall–Kier alpha value is 0.0327. The fraction of sp³-hybridized carbons (Fsp3) is 0.138. The number of carbonyl (C=O) groups excluding carboxylic acids is 1. The number of nitrogens with zero attached hydrogens (tertiary/aromatic N) is 2. The molecule has 4 aromatic carbocycles. The van der Waals surface area contributed by atoms with Crippen LogP contribution < -0.4 is 123 Å². The van der Waals surface area contributed by atoms with Crippen molar-refractivity contribution in [3.8, 4) is 17.2 Å². The van der Waals surface area contributed by atoms with Gasteiger partial charge in [0.15, 0.2) is 11.5 Å². The molecule has 0 spiro atoms. The van der Waals surface area contributed by atoms with Crippen molar-refractivity contribution in [1.82, 2.24) is 0 Å². The van der Waals surface area contributed by atoms with Crippen LogP contribution in [0.25, 0.3) is 0 Å². The number of nitrogens with one attached hydrogen (secondary N) is 1. The molecule has 0 fully saturated rings. The van der Waals surface area contributed by atoms with E-state index in [4.69, 9.17) is 14.8 Å². The summed E-state index contributed by atoms with van der Waals surface area (Å²) in [5.74, 6) is 1.38. The number of hydrogen-bond acceptors (Lipinski definition) is 9. The van der Waals surface area contributed by atoms with E-state index in [2.05, 4.69) is 97.0 Å². The molecule has 0 atom stereocenters. The summed E-state index contributed by atoms with van der Waals surface area (Å²) < 4.78 is 22.2. The van der Waals surface area contributed by atoms with Gasteiger partial charge >= 0.3 is 108 Å². The summed E-state index contributed by atoms with van der Waals surface area (Å²) in [4.78, 5) is 22.9. The van der Waals surface area contributed by atoms with Crippen LogP contribution in [-0.2, 0) is 22.5 Å². The molecule has 0 unspecified atom stereocenters. The molecule has 3 aliphatic rings. The zero-order chi connectivity index (χ0) is 32.0. The number of fused-ring (bicyclic) bond motifs is 3. The molecule has 46 heavy (non-hydrogen) atoms. The molecule has 0 saturated carbocycles. The van der Waals surface area contributed by atoms with Crippen LogP contribution in [0, 0.1) is 15.9 Å². The average molecular weight is 941 g/mol. The van der Waals surface area contributed by atoms with Crippen LogP contribution in [0.1, 0.15) is 12.6 Å². The molecule has 7 rings (SSSR count). The second-order valence-corrected chi connectivity index (χ2v) is 12.9. The molecule has 0 aromatic heterocycles. The number of carbonyl (C=O) groups is 1. The zero-order valence-corrected chi connectivity index (χ0v) is 37.0. The number of ether oxygens (including phenoxy) is 1. The van der Waals surface area contributed by atoms with E-state index in [0.717, 1.165) is 74.4 Å². The third kappa shape index (κ3) is 11.0.